The third kappa shape index (κ3) is 2.73. The van der Waals surface area contributed by atoms with Gasteiger partial charge in [0.1, 0.15) is 18.9 Å². The fourth-order valence-corrected chi connectivity index (χ4v) is 2.72. The van der Waals surface area contributed by atoms with Gasteiger partial charge in [0.05, 0.1) is 6.54 Å². The topological polar surface area (TPSA) is 49.9 Å². The van der Waals surface area contributed by atoms with Crippen molar-refractivity contribution in [2.75, 3.05) is 19.7 Å². The lowest BCUT2D eigenvalue weighted by molar-refractivity contribution is -0.125. The Balaban J connectivity index is 1.58. The van der Waals surface area contributed by atoms with E-state index in [-0.39, 0.29) is 24.5 Å². The number of aryl methyl sites for hydroxylation is 2. The van der Waals surface area contributed by atoms with Crippen molar-refractivity contribution in [1.82, 2.24) is 9.80 Å². The number of ether oxygens (including phenoxy) is 1. The van der Waals surface area contributed by atoms with Gasteiger partial charge in [-0.25, -0.2) is 4.79 Å². The molecule has 1 aliphatic heterocycles. The lowest BCUT2D eigenvalue weighted by atomic mass is 10.1. The van der Waals surface area contributed by atoms with E-state index in [1.807, 2.05) is 32.0 Å². The van der Waals surface area contributed by atoms with Gasteiger partial charge in [-0.2, -0.15) is 0 Å². The second-order valence-corrected chi connectivity index (χ2v) is 5.76. The number of benzene rings is 1. The van der Waals surface area contributed by atoms with Gasteiger partial charge < -0.3 is 9.64 Å². The van der Waals surface area contributed by atoms with Crippen LogP contribution >= 0.6 is 0 Å². The van der Waals surface area contributed by atoms with E-state index in [2.05, 4.69) is 0 Å². The number of carbonyl (C=O) groups excluding carboxylic acids is 2. The molecule has 112 valence electrons. The molecule has 0 aromatic heterocycles. The molecule has 0 unspecified atom stereocenters. The predicted molar refractivity (Wildman–Crippen MR) is 78.2 cm³/mol. The number of urea groups is 1. The molecule has 3 rings (SSSR count). The molecular formula is C16H20N2O3. The zero-order valence-corrected chi connectivity index (χ0v) is 12.5. The maximum Gasteiger partial charge on any atom is 0.327 e. The fraction of sp³-hybridized carbons (Fsp3) is 0.500. The SMILES string of the molecule is Cc1cccc(C)c1OCCN1C(=O)CN(C2CC2)C1=O. The minimum atomic E-state index is -0.160. The summed E-state index contributed by atoms with van der Waals surface area (Å²) in [6.07, 6.45) is 2.04. The quantitative estimate of drug-likeness (QED) is 0.780. The summed E-state index contributed by atoms with van der Waals surface area (Å²) in [7, 11) is 0. The summed E-state index contributed by atoms with van der Waals surface area (Å²) in [5.74, 6) is 0.729. The van der Waals surface area contributed by atoms with E-state index in [9.17, 15) is 9.59 Å². The Hall–Kier alpha value is -2.04. The maximum atomic E-state index is 12.1. The van der Waals surface area contributed by atoms with E-state index < -0.39 is 0 Å². The second kappa shape index (κ2) is 5.39. The molecule has 2 aliphatic rings. The Labute approximate surface area is 124 Å². The van der Waals surface area contributed by atoms with Crippen LogP contribution in [0.25, 0.3) is 0 Å². The van der Waals surface area contributed by atoms with Crippen molar-refractivity contribution in [1.29, 1.82) is 0 Å². The number of hydrogen-bond donors (Lipinski definition) is 0. The maximum absolute atomic E-state index is 12.1. The molecule has 0 radical (unpaired) electrons. The molecule has 1 saturated heterocycles. The van der Waals surface area contributed by atoms with Crippen molar-refractivity contribution in [3.63, 3.8) is 0 Å². The molecule has 0 atom stereocenters. The summed E-state index contributed by atoms with van der Waals surface area (Å²) in [5, 5.41) is 0. The molecule has 2 fully saturated rings. The van der Waals surface area contributed by atoms with Crippen molar-refractivity contribution in [3.8, 4) is 5.75 Å². The lowest BCUT2D eigenvalue weighted by Crippen LogP contribution is -2.36. The molecule has 5 nitrogen and oxygen atoms in total. The van der Waals surface area contributed by atoms with Crippen molar-refractivity contribution in [2.45, 2.75) is 32.7 Å². The Bertz CT molecular complexity index is 561. The van der Waals surface area contributed by atoms with Gasteiger partial charge >= 0.3 is 6.03 Å². The van der Waals surface area contributed by atoms with E-state index in [1.54, 1.807) is 4.90 Å². The van der Waals surface area contributed by atoms with Crippen LogP contribution in [0.1, 0.15) is 24.0 Å². The van der Waals surface area contributed by atoms with Gasteiger partial charge in [-0.05, 0) is 37.8 Å². The second-order valence-electron chi connectivity index (χ2n) is 5.76. The number of hydrogen-bond acceptors (Lipinski definition) is 3. The summed E-state index contributed by atoms with van der Waals surface area (Å²) in [6, 6.07) is 6.09. The lowest BCUT2D eigenvalue weighted by Gasteiger charge is -2.17. The predicted octanol–water partition coefficient (Wildman–Crippen LogP) is 2.11. The number of amides is 3. The first-order valence-electron chi connectivity index (χ1n) is 7.38. The fourth-order valence-electron chi connectivity index (χ4n) is 2.72. The summed E-state index contributed by atoms with van der Waals surface area (Å²) >= 11 is 0. The summed E-state index contributed by atoms with van der Waals surface area (Å²) < 4.78 is 5.77. The van der Waals surface area contributed by atoms with E-state index in [1.165, 1.54) is 4.90 Å². The van der Waals surface area contributed by atoms with Crippen LogP contribution in [0, 0.1) is 13.8 Å². The van der Waals surface area contributed by atoms with Gasteiger partial charge in [-0.3, -0.25) is 9.69 Å². The average molecular weight is 288 g/mol. The first-order valence-corrected chi connectivity index (χ1v) is 7.38. The van der Waals surface area contributed by atoms with Crippen molar-refractivity contribution < 1.29 is 14.3 Å². The molecule has 0 N–H and O–H groups in total. The van der Waals surface area contributed by atoms with Crippen LogP contribution in [-0.4, -0.2) is 47.5 Å². The first-order chi connectivity index (χ1) is 10.1. The summed E-state index contributed by atoms with van der Waals surface area (Å²) in [5.41, 5.74) is 2.13. The number of carbonyl (C=O) groups is 2. The molecule has 1 aliphatic carbocycles. The van der Waals surface area contributed by atoms with Crippen LogP contribution in [0.5, 0.6) is 5.75 Å². The molecule has 0 spiro atoms. The van der Waals surface area contributed by atoms with Crippen LogP contribution in [0.15, 0.2) is 18.2 Å². The Morgan fingerprint density at radius 3 is 2.48 bits per heavy atom. The zero-order chi connectivity index (χ0) is 15.0. The highest BCUT2D eigenvalue weighted by molar-refractivity contribution is 6.02. The highest BCUT2D eigenvalue weighted by Gasteiger charge is 2.43. The molecule has 1 saturated carbocycles. The smallest absolute Gasteiger partial charge is 0.327 e. The van der Waals surface area contributed by atoms with Crippen LogP contribution < -0.4 is 4.74 Å². The van der Waals surface area contributed by atoms with Gasteiger partial charge in [0.2, 0.25) is 5.91 Å². The number of rotatable bonds is 5. The van der Waals surface area contributed by atoms with Crippen molar-refractivity contribution >= 4 is 11.9 Å². The Morgan fingerprint density at radius 2 is 1.86 bits per heavy atom. The van der Waals surface area contributed by atoms with Gasteiger partial charge in [-0.1, -0.05) is 18.2 Å². The van der Waals surface area contributed by atoms with Crippen LogP contribution in [0.4, 0.5) is 4.79 Å². The third-order valence-corrected chi connectivity index (χ3v) is 4.04. The molecular weight excluding hydrogens is 268 g/mol. The van der Waals surface area contributed by atoms with E-state index in [0.29, 0.717) is 13.2 Å². The molecule has 21 heavy (non-hydrogen) atoms. The van der Waals surface area contributed by atoms with E-state index in [0.717, 1.165) is 29.7 Å². The molecule has 5 heteroatoms. The Kier molecular flexibility index (Phi) is 3.57. The number of para-hydroxylation sites is 1. The Morgan fingerprint density at radius 1 is 1.19 bits per heavy atom. The van der Waals surface area contributed by atoms with Crippen LogP contribution in [0.3, 0.4) is 0 Å². The molecule has 0 bridgehead atoms. The van der Waals surface area contributed by atoms with Crippen LogP contribution in [-0.2, 0) is 4.79 Å². The normalized spacial score (nSPS) is 18.6. The number of nitrogens with zero attached hydrogens (tertiary/aromatic N) is 2. The van der Waals surface area contributed by atoms with E-state index in [4.69, 9.17) is 4.74 Å². The minimum Gasteiger partial charge on any atom is -0.491 e. The highest BCUT2D eigenvalue weighted by atomic mass is 16.5. The molecule has 1 heterocycles. The standard InChI is InChI=1S/C16H20N2O3/c1-11-4-3-5-12(2)15(11)21-9-8-17-14(19)10-18(16(17)20)13-6-7-13/h3-5,13H,6-10H2,1-2H3. The third-order valence-electron chi connectivity index (χ3n) is 4.04. The largest absolute Gasteiger partial charge is 0.491 e. The molecule has 1 aromatic carbocycles. The monoisotopic (exact) mass is 288 g/mol. The van der Waals surface area contributed by atoms with Crippen molar-refractivity contribution in [2.24, 2.45) is 0 Å². The van der Waals surface area contributed by atoms with Crippen LogP contribution in [0.2, 0.25) is 0 Å². The summed E-state index contributed by atoms with van der Waals surface area (Å²) in [6.45, 7) is 4.86. The minimum absolute atomic E-state index is 0.114. The van der Waals surface area contributed by atoms with Gasteiger partial charge in [0.25, 0.3) is 0 Å². The molecule has 3 amide bonds. The first kappa shape index (κ1) is 13.9. The van der Waals surface area contributed by atoms with Gasteiger partial charge in [0, 0.05) is 6.04 Å². The summed E-state index contributed by atoms with van der Waals surface area (Å²) in [4.78, 5) is 27.1. The van der Waals surface area contributed by atoms with Gasteiger partial charge in [-0.15, -0.1) is 0 Å². The average Bonchev–Trinajstić information content (AvgIpc) is 3.23. The van der Waals surface area contributed by atoms with Crippen molar-refractivity contribution in [3.05, 3.63) is 29.3 Å². The highest BCUT2D eigenvalue weighted by Crippen LogP contribution is 2.30. The number of imide groups is 1. The van der Waals surface area contributed by atoms with Gasteiger partial charge in [0.15, 0.2) is 0 Å². The molecule has 1 aromatic rings. The van der Waals surface area contributed by atoms with E-state index >= 15 is 0 Å². The zero-order valence-electron chi connectivity index (χ0n) is 12.5.